The lowest BCUT2D eigenvalue weighted by Gasteiger charge is -2.24. The Labute approximate surface area is 276 Å². The third-order valence-electron chi connectivity index (χ3n) is 8.30. The molecule has 0 radical (unpaired) electrons. The van der Waals surface area contributed by atoms with Gasteiger partial charge in [-0.05, 0) is 68.1 Å². The Bertz CT molecular complexity index is 1330. The molecule has 1 aromatic rings. The van der Waals surface area contributed by atoms with Gasteiger partial charge in [-0.15, -0.1) is 0 Å². The van der Waals surface area contributed by atoms with Crippen LogP contribution in [-0.4, -0.2) is 35.0 Å². The van der Waals surface area contributed by atoms with Gasteiger partial charge in [-0.1, -0.05) is 119 Å². The van der Waals surface area contributed by atoms with E-state index in [0.29, 0.717) is 17.9 Å². The molecule has 0 saturated heterocycles. The zero-order valence-electron chi connectivity index (χ0n) is 28.9. The van der Waals surface area contributed by atoms with Gasteiger partial charge in [0, 0.05) is 24.0 Å². The van der Waals surface area contributed by atoms with Crippen molar-refractivity contribution < 1.29 is 29.0 Å². The van der Waals surface area contributed by atoms with Gasteiger partial charge < -0.3 is 14.6 Å². The number of hydrogen-bond donors (Lipinski definition) is 1. The Morgan fingerprint density at radius 3 is 2.43 bits per heavy atom. The number of ether oxygens (including phenoxy) is 2. The molecule has 0 amide bonds. The minimum atomic E-state index is -0.843. The highest BCUT2D eigenvalue weighted by atomic mass is 16.5. The van der Waals surface area contributed by atoms with E-state index in [-0.39, 0.29) is 42.2 Å². The zero-order chi connectivity index (χ0) is 34.2. The molecule has 6 nitrogen and oxygen atoms in total. The van der Waals surface area contributed by atoms with E-state index in [1.165, 1.54) is 17.7 Å². The van der Waals surface area contributed by atoms with Gasteiger partial charge in [0.15, 0.2) is 5.78 Å². The quantitative estimate of drug-likeness (QED) is 0.0804. The smallest absolute Gasteiger partial charge is 0.331 e. The van der Waals surface area contributed by atoms with Crippen LogP contribution in [0.25, 0.3) is 0 Å². The van der Waals surface area contributed by atoms with Gasteiger partial charge in [-0.3, -0.25) is 4.79 Å². The van der Waals surface area contributed by atoms with Crippen LogP contribution in [0.3, 0.4) is 0 Å². The summed E-state index contributed by atoms with van der Waals surface area (Å²) >= 11 is 0. The number of cyclic esters (lactones) is 1. The largest absolute Gasteiger partial charge is 0.458 e. The molecule has 1 aliphatic heterocycles. The molecule has 1 N–H and O–H groups in total. The Hall–Kier alpha value is -3.77. The second-order valence-corrected chi connectivity index (χ2v) is 12.8. The molecule has 2 rings (SSSR count). The van der Waals surface area contributed by atoms with Gasteiger partial charge in [0.25, 0.3) is 0 Å². The topological polar surface area (TPSA) is 89.9 Å². The molecule has 1 aliphatic rings. The lowest BCUT2D eigenvalue weighted by molar-refractivity contribution is -0.143. The highest BCUT2D eigenvalue weighted by Crippen LogP contribution is 2.24. The van der Waals surface area contributed by atoms with Gasteiger partial charge in [0.1, 0.15) is 12.7 Å². The maximum atomic E-state index is 13.2. The first-order chi connectivity index (χ1) is 21.8. The van der Waals surface area contributed by atoms with Crippen molar-refractivity contribution >= 4 is 17.7 Å². The first-order valence-electron chi connectivity index (χ1n) is 16.5. The Balaban J connectivity index is 1.86. The van der Waals surface area contributed by atoms with E-state index in [1.807, 2.05) is 76.3 Å². The Morgan fingerprint density at radius 2 is 1.76 bits per heavy atom. The molecular weight excluding hydrogens is 576 g/mol. The van der Waals surface area contributed by atoms with E-state index < -0.39 is 18.0 Å². The van der Waals surface area contributed by atoms with Crippen molar-refractivity contribution in [2.75, 3.05) is 0 Å². The average Bonchev–Trinajstić information content (AvgIpc) is 3.02. The second kappa shape index (κ2) is 19.7. The van der Waals surface area contributed by atoms with Crippen molar-refractivity contribution in [1.82, 2.24) is 0 Å². The third kappa shape index (κ3) is 13.7. The molecule has 0 aromatic heterocycles. The number of Topliss-reactive ketones (excluding diaryl/α,β-unsaturated/α-hetero) is 1. The van der Waals surface area contributed by atoms with E-state index >= 15 is 0 Å². The maximum absolute atomic E-state index is 13.2. The summed E-state index contributed by atoms with van der Waals surface area (Å²) in [5, 5.41) is 11.0. The molecule has 1 unspecified atom stereocenters. The van der Waals surface area contributed by atoms with Crippen molar-refractivity contribution in [3.8, 4) is 0 Å². The molecule has 0 saturated carbocycles. The summed E-state index contributed by atoms with van der Waals surface area (Å²) in [6.07, 6.45) is 18.4. The minimum absolute atomic E-state index is 0.0649. The number of aliphatic hydroxyl groups excluding tert-OH is 1. The zero-order valence-corrected chi connectivity index (χ0v) is 28.9. The predicted molar refractivity (Wildman–Crippen MR) is 185 cm³/mol. The van der Waals surface area contributed by atoms with Gasteiger partial charge >= 0.3 is 11.9 Å². The van der Waals surface area contributed by atoms with E-state index in [0.717, 1.165) is 24.0 Å². The van der Waals surface area contributed by atoms with Gasteiger partial charge in [0.05, 0.1) is 6.10 Å². The molecule has 1 heterocycles. The van der Waals surface area contributed by atoms with Gasteiger partial charge in [0.2, 0.25) is 0 Å². The first-order valence-corrected chi connectivity index (χ1v) is 16.5. The van der Waals surface area contributed by atoms with Crippen molar-refractivity contribution in [3.05, 3.63) is 107 Å². The Kier molecular flexibility index (Phi) is 16.4. The van der Waals surface area contributed by atoms with Crippen LogP contribution >= 0.6 is 0 Å². The molecular formula is C40H54O6. The van der Waals surface area contributed by atoms with E-state index in [9.17, 15) is 19.5 Å². The molecule has 0 fully saturated rings. The van der Waals surface area contributed by atoms with E-state index in [4.69, 9.17) is 9.47 Å². The fraction of sp³-hybridized carbons (Fsp3) is 0.475. The molecule has 7 atom stereocenters. The standard InChI is InChI=1S/C40H54O6/c1-9-34(19-20-36-30(5)18-21-37(41)46-36)24-28(3)15-13-14-27(2)22-31(6)39(43)33(8)40(44)32(7)23-29(4)25-38(42)45-26-35-16-11-10-12-17-35/h10-14,16-22,24-25,27-28,30,32-33,36,40,44H,9,15,23,26H2,1-8H3/t27?,28-,30+,32+,33-,36+,40-/m1/s1. The van der Waals surface area contributed by atoms with Crippen LogP contribution in [0.5, 0.6) is 0 Å². The van der Waals surface area contributed by atoms with Crippen LogP contribution in [-0.2, 0) is 30.5 Å². The number of hydrogen-bond acceptors (Lipinski definition) is 6. The van der Waals surface area contributed by atoms with Gasteiger partial charge in [-0.25, -0.2) is 9.59 Å². The highest BCUT2D eigenvalue weighted by molar-refractivity contribution is 5.96. The fourth-order valence-electron chi connectivity index (χ4n) is 5.48. The summed E-state index contributed by atoms with van der Waals surface area (Å²) in [6.45, 7) is 15.9. The minimum Gasteiger partial charge on any atom is -0.458 e. The molecule has 6 heteroatoms. The summed E-state index contributed by atoms with van der Waals surface area (Å²) in [4.78, 5) is 37.0. The van der Waals surface area contributed by atoms with Crippen LogP contribution in [0, 0.1) is 29.6 Å². The number of ketones is 1. The van der Waals surface area contributed by atoms with Crippen molar-refractivity contribution in [1.29, 1.82) is 0 Å². The summed E-state index contributed by atoms with van der Waals surface area (Å²) in [6, 6.07) is 9.50. The molecule has 46 heavy (non-hydrogen) atoms. The monoisotopic (exact) mass is 630 g/mol. The van der Waals surface area contributed by atoms with Crippen LogP contribution in [0.1, 0.15) is 80.2 Å². The molecule has 0 spiro atoms. The maximum Gasteiger partial charge on any atom is 0.331 e. The fourth-order valence-corrected chi connectivity index (χ4v) is 5.48. The van der Waals surface area contributed by atoms with Crippen molar-refractivity contribution in [2.45, 2.75) is 93.5 Å². The number of carbonyl (C=O) groups is 3. The SMILES string of the molecule is CCC(C=C[C@@H]1OC(=O)C=C[C@@H]1C)=C[C@H](C)CC=CC(C)C=C(C)C(=O)[C@@H](C)[C@H](O)[C@@H](C)CC(C)=CC(=O)OCc1ccccc1. The van der Waals surface area contributed by atoms with Crippen LogP contribution in [0.15, 0.2) is 102 Å². The van der Waals surface area contributed by atoms with Crippen molar-refractivity contribution in [2.24, 2.45) is 29.6 Å². The predicted octanol–water partition coefficient (Wildman–Crippen LogP) is 8.44. The second-order valence-electron chi connectivity index (χ2n) is 12.8. The van der Waals surface area contributed by atoms with Gasteiger partial charge in [-0.2, -0.15) is 0 Å². The lowest BCUT2D eigenvalue weighted by atomic mass is 9.84. The summed E-state index contributed by atoms with van der Waals surface area (Å²) in [7, 11) is 0. The normalized spacial score (nSPS) is 21.2. The molecule has 1 aromatic carbocycles. The lowest BCUT2D eigenvalue weighted by Crippen LogP contribution is -2.32. The number of aliphatic hydroxyl groups is 1. The number of benzene rings is 1. The Morgan fingerprint density at radius 1 is 1.07 bits per heavy atom. The highest BCUT2D eigenvalue weighted by Gasteiger charge is 2.28. The third-order valence-corrected chi connectivity index (χ3v) is 8.30. The summed E-state index contributed by atoms with van der Waals surface area (Å²) in [5.41, 5.74) is 3.54. The summed E-state index contributed by atoms with van der Waals surface area (Å²) in [5.74, 6) is -1.03. The van der Waals surface area contributed by atoms with E-state index in [1.54, 1.807) is 13.8 Å². The van der Waals surface area contributed by atoms with Crippen molar-refractivity contribution in [3.63, 3.8) is 0 Å². The number of rotatable bonds is 17. The first kappa shape index (κ1) is 38.4. The molecule has 0 bridgehead atoms. The number of carbonyl (C=O) groups excluding carboxylic acids is 3. The number of esters is 2. The van der Waals surface area contributed by atoms with Crippen LogP contribution in [0.2, 0.25) is 0 Å². The van der Waals surface area contributed by atoms with Crippen LogP contribution < -0.4 is 0 Å². The molecule has 250 valence electrons. The summed E-state index contributed by atoms with van der Waals surface area (Å²) < 4.78 is 10.7. The van der Waals surface area contributed by atoms with Crippen LogP contribution in [0.4, 0.5) is 0 Å². The average molecular weight is 631 g/mol. The molecule has 0 aliphatic carbocycles. The number of allylic oxidation sites excluding steroid dienone is 8. The van der Waals surface area contributed by atoms with E-state index in [2.05, 4.69) is 38.2 Å².